The van der Waals surface area contributed by atoms with Gasteiger partial charge in [-0.2, -0.15) is 0 Å². The molecule has 0 radical (unpaired) electrons. The summed E-state index contributed by atoms with van der Waals surface area (Å²) in [4.78, 5) is 22.7. The van der Waals surface area contributed by atoms with Gasteiger partial charge in [0.25, 0.3) is 5.91 Å². The minimum atomic E-state index is -0.135. The molecule has 0 aliphatic carbocycles. The zero-order valence-electron chi connectivity index (χ0n) is 13.9. The predicted octanol–water partition coefficient (Wildman–Crippen LogP) is 3.20. The van der Waals surface area contributed by atoms with E-state index >= 15 is 0 Å². The number of benzene rings is 1. The summed E-state index contributed by atoms with van der Waals surface area (Å²) in [5.74, 6) is -0.0177. The van der Waals surface area contributed by atoms with Crippen LogP contribution in [0.1, 0.15) is 21.3 Å². The molecule has 2 aromatic heterocycles. The standard InChI is InChI=1S/C17H20N4OS2/c1-20(2)17-19-15-13(24-17)9-14(23-15)16(22)21(3)12(10-18)11-7-5-4-6-8-11/h4-9,12H,10,18H2,1-3H3. The van der Waals surface area contributed by atoms with E-state index in [1.165, 1.54) is 11.3 Å². The zero-order valence-corrected chi connectivity index (χ0v) is 15.5. The van der Waals surface area contributed by atoms with E-state index in [4.69, 9.17) is 5.73 Å². The first kappa shape index (κ1) is 16.9. The van der Waals surface area contributed by atoms with Crippen molar-refractivity contribution in [3.63, 3.8) is 0 Å². The highest BCUT2D eigenvalue weighted by Gasteiger charge is 2.24. The number of nitrogens with two attached hydrogens (primary N) is 1. The Balaban J connectivity index is 1.85. The topological polar surface area (TPSA) is 62.5 Å². The maximum Gasteiger partial charge on any atom is 0.264 e. The van der Waals surface area contributed by atoms with Crippen molar-refractivity contribution in [3.05, 3.63) is 46.8 Å². The molecule has 24 heavy (non-hydrogen) atoms. The van der Waals surface area contributed by atoms with E-state index in [9.17, 15) is 4.79 Å². The molecule has 2 N–H and O–H groups in total. The van der Waals surface area contributed by atoms with E-state index in [0.717, 1.165) is 20.2 Å². The Hall–Kier alpha value is -1.96. The minimum absolute atomic E-state index is 0.0177. The van der Waals surface area contributed by atoms with Crippen molar-refractivity contribution in [3.8, 4) is 0 Å². The second-order valence-electron chi connectivity index (χ2n) is 5.75. The number of carbonyl (C=O) groups is 1. The van der Waals surface area contributed by atoms with Crippen LogP contribution in [0.2, 0.25) is 0 Å². The molecule has 0 spiro atoms. The lowest BCUT2D eigenvalue weighted by Crippen LogP contribution is -2.35. The Labute approximate surface area is 149 Å². The molecule has 0 saturated heterocycles. The molecular weight excluding hydrogens is 340 g/mol. The van der Waals surface area contributed by atoms with E-state index in [1.54, 1.807) is 23.3 Å². The van der Waals surface area contributed by atoms with Gasteiger partial charge in [0, 0.05) is 27.7 Å². The number of amides is 1. The highest BCUT2D eigenvalue weighted by molar-refractivity contribution is 7.29. The number of hydrogen-bond acceptors (Lipinski definition) is 6. The van der Waals surface area contributed by atoms with Crippen LogP contribution in [0.15, 0.2) is 36.4 Å². The molecule has 0 saturated carbocycles. The van der Waals surface area contributed by atoms with Gasteiger partial charge in [0.2, 0.25) is 0 Å². The molecule has 1 unspecified atom stereocenters. The summed E-state index contributed by atoms with van der Waals surface area (Å²) < 4.78 is 1.05. The van der Waals surface area contributed by atoms with Crippen molar-refractivity contribution < 1.29 is 4.79 Å². The van der Waals surface area contributed by atoms with Crippen molar-refractivity contribution in [1.29, 1.82) is 0 Å². The fraction of sp³-hybridized carbons (Fsp3) is 0.294. The molecule has 7 heteroatoms. The zero-order chi connectivity index (χ0) is 17.3. The minimum Gasteiger partial charge on any atom is -0.354 e. The lowest BCUT2D eigenvalue weighted by molar-refractivity contribution is 0.0740. The number of fused-ring (bicyclic) bond motifs is 1. The number of anilines is 1. The Morgan fingerprint density at radius 2 is 1.92 bits per heavy atom. The number of thiophene rings is 1. The highest BCUT2D eigenvalue weighted by Crippen LogP contribution is 2.35. The summed E-state index contributed by atoms with van der Waals surface area (Å²) in [5.41, 5.74) is 6.97. The third-order valence-corrected chi connectivity index (χ3v) is 6.18. The average Bonchev–Trinajstić information content (AvgIpc) is 3.14. The summed E-state index contributed by atoms with van der Waals surface area (Å²) in [6, 6.07) is 11.7. The second kappa shape index (κ2) is 6.88. The van der Waals surface area contributed by atoms with Gasteiger partial charge in [0.1, 0.15) is 4.83 Å². The van der Waals surface area contributed by atoms with Crippen LogP contribution in [0.4, 0.5) is 5.13 Å². The molecule has 3 aromatic rings. The molecule has 2 heterocycles. The maximum absolute atomic E-state index is 12.9. The Bertz CT molecular complexity index is 809. The SMILES string of the molecule is CN(C)c1nc2sc(C(=O)N(C)C(CN)c3ccccc3)cc2s1. The molecule has 0 aliphatic rings. The van der Waals surface area contributed by atoms with Gasteiger partial charge >= 0.3 is 0 Å². The lowest BCUT2D eigenvalue weighted by Gasteiger charge is -2.27. The summed E-state index contributed by atoms with van der Waals surface area (Å²) in [5, 5.41) is 0.952. The van der Waals surface area contributed by atoms with E-state index < -0.39 is 0 Å². The number of likely N-dealkylation sites (N-methyl/N-ethyl adjacent to an activating group) is 1. The normalized spacial score (nSPS) is 12.3. The summed E-state index contributed by atoms with van der Waals surface area (Å²) in [6.45, 7) is 0.384. The van der Waals surface area contributed by atoms with Gasteiger partial charge in [-0.15, -0.1) is 11.3 Å². The van der Waals surface area contributed by atoms with Crippen LogP contribution < -0.4 is 10.6 Å². The first-order chi connectivity index (χ1) is 11.5. The van der Waals surface area contributed by atoms with Crippen LogP contribution in [-0.2, 0) is 0 Å². The van der Waals surface area contributed by atoms with Crippen LogP contribution in [0, 0.1) is 0 Å². The smallest absolute Gasteiger partial charge is 0.264 e. The van der Waals surface area contributed by atoms with Gasteiger partial charge in [0.05, 0.1) is 15.6 Å². The van der Waals surface area contributed by atoms with Gasteiger partial charge < -0.3 is 15.5 Å². The third-order valence-electron chi connectivity index (χ3n) is 3.87. The number of rotatable bonds is 5. The van der Waals surface area contributed by atoms with Gasteiger partial charge in [0.15, 0.2) is 5.13 Å². The molecule has 5 nitrogen and oxygen atoms in total. The van der Waals surface area contributed by atoms with Crippen LogP contribution in [0.3, 0.4) is 0 Å². The fourth-order valence-electron chi connectivity index (χ4n) is 2.53. The summed E-state index contributed by atoms with van der Waals surface area (Å²) in [6.07, 6.45) is 0. The quantitative estimate of drug-likeness (QED) is 0.759. The number of aromatic nitrogens is 1. The van der Waals surface area contributed by atoms with E-state index in [2.05, 4.69) is 4.98 Å². The van der Waals surface area contributed by atoms with Crippen molar-refractivity contribution in [1.82, 2.24) is 9.88 Å². The van der Waals surface area contributed by atoms with Crippen molar-refractivity contribution >= 4 is 43.2 Å². The molecule has 126 valence electrons. The third kappa shape index (κ3) is 3.15. The molecule has 0 fully saturated rings. The monoisotopic (exact) mass is 360 g/mol. The van der Waals surface area contributed by atoms with Gasteiger partial charge in [-0.25, -0.2) is 4.98 Å². The number of thiazole rings is 1. The fourth-order valence-corrected chi connectivity index (χ4v) is 4.65. The summed E-state index contributed by atoms with van der Waals surface area (Å²) >= 11 is 3.03. The van der Waals surface area contributed by atoms with Gasteiger partial charge in [-0.3, -0.25) is 4.79 Å². The van der Waals surface area contributed by atoms with Crippen molar-refractivity contribution in [2.45, 2.75) is 6.04 Å². The Kier molecular flexibility index (Phi) is 4.84. The van der Waals surface area contributed by atoms with Crippen molar-refractivity contribution in [2.75, 3.05) is 32.6 Å². The number of nitrogens with zero attached hydrogens (tertiary/aromatic N) is 3. The molecule has 1 amide bonds. The van der Waals surface area contributed by atoms with E-state index in [-0.39, 0.29) is 11.9 Å². The molecule has 1 atom stereocenters. The first-order valence-electron chi connectivity index (χ1n) is 7.61. The maximum atomic E-state index is 12.9. The van der Waals surface area contributed by atoms with Crippen LogP contribution in [-0.4, -0.2) is 43.5 Å². The Morgan fingerprint density at radius 3 is 2.50 bits per heavy atom. The van der Waals surface area contributed by atoms with Crippen LogP contribution in [0.25, 0.3) is 9.53 Å². The lowest BCUT2D eigenvalue weighted by atomic mass is 10.1. The molecule has 3 rings (SSSR count). The molecule has 0 aliphatic heterocycles. The molecule has 1 aromatic carbocycles. The van der Waals surface area contributed by atoms with Gasteiger partial charge in [-0.05, 0) is 11.6 Å². The number of hydrogen-bond donors (Lipinski definition) is 1. The summed E-state index contributed by atoms with van der Waals surface area (Å²) in [7, 11) is 5.74. The van der Waals surface area contributed by atoms with Crippen LogP contribution in [0.5, 0.6) is 0 Å². The van der Waals surface area contributed by atoms with Crippen molar-refractivity contribution in [2.24, 2.45) is 5.73 Å². The van der Waals surface area contributed by atoms with E-state index in [0.29, 0.717) is 11.4 Å². The van der Waals surface area contributed by atoms with Crippen LogP contribution >= 0.6 is 22.7 Å². The van der Waals surface area contributed by atoms with E-state index in [1.807, 2.05) is 55.4 Å². The largest absolute Gasteiger partial charge is 0.354 e. The second-order valence-corrected chi connectivity index (χ2v) is 7.79. The highest BCUT2D eigenvalue weighted by atomic mass is 32.1. The average molecular weight is 361 g/mol. The number of carbonyl (C=O) groups excluding carboxylic acids is 1. The first-order valence-corrected chi connectivity index (χ1v) is 9.24. The van der Waals surface area contributed by atoms with Gasteiger partial charge in [-0.1, -0.05) is 41.7 Å². The predicted molar refractivity (Wildman–Crippen MR) is 102 cm³/mol. The Morgan fingerprint density at radius 1 is 1.21 bits per heavy atom. The molecule has 0 bridgehead atoms. The molecular formula is C17H20N4OS2.